The van der Waals surface area contributed by atoms with Gasteiger partial charge in [0, 0.05) is 20.5 Å². The second kappa shape index (κ2) is 7.27. The van der Waals surface area contributed by atoms with Crippen LogP contribution in [0, 0.1) is 5.92 Å². The molecule has 4 heteroatoms. The predicted molar refractivity (Wildman–Crippen MR) is 92.9 cm³/mol. The molecule has 0 radical (unpaired) electrons. The molecule has 1 atom stereocenters. The second-order valence-corrected chi connectivity index (χ2v) is 6.30. The molecule has 0 aliphatic rings. The van der Waals surface area contributed by atoms with Gasteiger partial charge in [0.2, 0.25) is 11.8 Å². The minimum absolute atomic E-state index is 0.0467. The summed E-state index contributed by atoms with van der Waals surface area (Å²) in [7, 11) is 1.77. The van der Waals surface area contributed by atoms with Crippen molar-refractivity contribution in [3.05, 3.63) is 48.0 Å². The summed E-state index contributed by atoms with van der Waals surface area (Å²) in [6.45, 7) is 5.82. The summed E-state index contributed by atoms with van der Waals surface area (Å²) in [5, 5.41) is 5.09. The second-order valence-electron chi connectivity index (χ2n) is 6.30. The van der Waals surface area contributed by atoms with Crippen LogP contribution in [0.25, 0.3) is 10.8 Å². The monoisotopic (exact) mass is 312 g/mol. The van der Waals surface area contributed by atoms with Crippen molar-refractivity contribution in [1.29, 1.82) is 0 Å². The first-order valence-electron chi connectivity index (χ1n) is 7.88. The van der Waals surface area contributed by atoms with Crippen molar-refractivity contribution < 1.29 is 9.59 Å². The number of carbonyl (C=O) groups is 2. The van der Waals surface area contributed by atoms with E-state index >= 15 is 0 Å². The minimum atomic E-state index is -0.488. The number of fused-ring (bicyclic) bond motifs is 1. The van der Waals surface area contributed by atoms with Crippen LogP contribution < -0.4 is 5.32 Å². The topological polar surface area (TPSA) is 49.4 Å². The van der Waals surface area contributed by atoms with Crippen molar-refractivity contribution >= 4 is 22.6 Å². The van der Waals surface area contributed by atoms with Gasteiger partial charge in [-0.05, 0) is 28.3 Å². The zero-order valence-electron chi connectivity index (χ0n) is 14.2. The maximum absolute atomic E-state index is 12.6. The molecular weight excluding hydrogens is 288 g/mol. The lowest BCUT2D eigenvalue weighted by Gasteiger charge is -2.26. The van der Waals surface area contributed by atoms with Crippen LogP contribution in [0.4, 0.5) is 0 Å². The Labute approximate surface area is 137 Å². The molecule has 0 aliphatic carbocycles. The van der Waals surface area contributed by atoms with Gasteiger partial charge in [0.05, 0.1) is 0 Å². The number of hydrogen-bond donors (Lipinski definition) is 1. The van der Waals surface area contributed by atoms with Crippen molar-refractivity contribution in [1.82, 2.24) is 10.2 Å². The van der Waals surface area contributed by atoms with Crippen LogP contribution in [-0.4, -0.2) is 29.8 Å². The van der Waals surface area contributed by atoms with Crippen LogP contribution in [0.1, 0.15) is 26.3 Å². The standard InChI is InChI=1S/C19H24N2O2/c1-13(2)18(20-14(3)22)19(23)21(4)12-15-9-10-16-7-5-6-8-17(16)11-15/h5-11,13,18H,12H2,1-4H3,(H,20,22). The van der Waals surface area contributed by atoms with Gasteiger partial charge >= 0.3 is 0 Å². The molecule has 1 unspecified atom stereocenters. The van der Waals surface area contributed by atoms with E-state index in [4.69, 9.17) is 0 Å². The largest absolute Gasteiger partial charge is 0.344 e. The van der Waals surface area contributed by atoms with E-state index in [1.807, 2.05) is 32.0 Å². The van der Waals surface area contributed by atoms with Gasteiger partial charge in [-0.2, -0.15) is 0 Å². The molecule has 0 aliphatic heterocycles. The fourth-order valence-electron chi connectivity index (χ4n) is 2.66. The molecular formula is C19H24N2O2. The highest BCUT2D eigenvalue weighted by molar-refractivity contribution is 5.87. The van der Waals surface area contributed by atoms with Crippen molar-refractivity contribution in [2.75, 3.05) is 7.05 Å². The number of carbonyl (C=O) groups excluding carboxylic acids is 2. The average molecular weight is 312 g/mol. The Bertz CT molecular complexity index is 709. The van der Waals surface area contributed by atoms with Gasteiger partial charge in [-0.15, -0.1) is 0 Å². The average Bonchev–Trinajstić information content (AvgIpc) is 2.51. The quantitative estimate of drug-likeness (QED) is 0.923. The van der Waals surface area contributed by atoms with Gasteiger partial charge in [0.1, 0.15) is 6.04 Å². The Morgan fingerprint density at radius 3 is 2.35 bits per heavy atom. The number of likely N-dealkylation sites (N-methyl/N-ethyl adjacent to an activating group) is 1. The van der Waals surface area contributed by atoms with E-state index in [-0.39, 0.29) is 17.7 Å². The zero-order valence-corrected chi connectivity index (χ0v) is 14.2. The Morgan fingerprint density at radius 2 is 1.74 bits per heavy atom. The molecule has 23 heavy (non-hydrogen) atoms. The van der Waals surface area contributed by atoms with E-state index in [1.165, 1.54) is 12.3 Å². The lowest BCUT2D eigenvalue weighted by atomic mass is 10.0. The summed E-state index contributed by atoms with van der Waals surface area (Å²) < 4.78 is 0. The maximum Gasteiger partial charge on any atom is 0.245 e. The Balaban J connectivity index is 2.13. The van der Waals surface area contributed by atoms with Crippen molar-refractivity contribution in [2.45, 2.75) is 33.4 Å². The first kappa shape index (κ1) is 17.0. The summed E-state index contributed by atoms with van der Waals surface area (Å²) in [5.41, 5.74) is 1.07. The fourth-order valence-corrected chi connectivity index (χ4v) is 2.66. The molecule has 1 N–H and O–H groups in total. The molecule has 2 amide bonds. The molecule has 0 bridgehead atoms. The molecule has 0 heterocycles. The van der Waals surface area contributed by atoms with Crippen LogP contribution in [0.3, 0.4) is 0 Å². The van der Waals surface area contributed by atoms with E-state index in [0.717, 1.165) is 10.9 Å². The number of nitrogens with one attached hydrogen (secondary N) is 1. The lowest BCUT2D eigenvalue weighted by Crippen LogP contribution is -2.49. The van der Waals surface area contributed by atoms with Crippen molar-refractivity contribution in [3.8, 4) is 0 Å². The van der Waals surface area contributed by atoms with Gasteiger partial charge in [-0.3, -0.25) is 9.59 Å². The van der Waals surface area contributed by atoms with E-state index < -0.39 is 6.04 Å². The van der Waals surface area contributed by atoms with Crippen LogP contribution in [-0.2, 0) is 16.1 Å². The van der Waals surface area contributed by atoms with Crippen LogP contribution in [0.15, 0.2) is 42.5 Å². The van der Waals surface area contributed by atoms with Crippen LogP contribution in [0.5, 0.6) is 0 Å². The molecule has 0 spiro atoms. The molecule has 2 aromatic carbocycles. The SMILES string of the molecule is CC(=O)NC(C(=O)N(C)Cc1ccc2ccccc2c1)C(C)C. The van der Waals surface area contributed by atoms with Crippen molar-refractivity contribution in [3.63, 3.8) is 0 Å². The lowest BCUT2D eigenvalue weighted by molar-refractivity contribution is -0.136. The molecule has 2 aromatic rings. The molecule has 0 saturated carbocycles. The molecule has 122 valence electrons. The first-order valence-corrected chi connectivity index (χ1v) is 7.88. The first-order chi connectivity index (χ1) is 10.9. The number of nitrogens with zero attached hydrogens (tertiary/aromatic N) is 1. The third-order valence-electron chi connectivity index (χ3n) is 3.90. The fraction of sp³-hybridized carbons (Fsp3) is 0.368. The molecule has 4 nitrogen and oxygen atoms in total. The smallest absolute Gasteiger partial charge is 0.245 e. The summed E-state index contributed by atoms with van der Waals surface area (Å²) in [6, 6.07) is 13.9. The van der Waals surface area contributed by atoms with E-state index in [9.17, 15) is 9.59 Å². The zero-order chi connectivity index (χ0) is 17.0. The molecule has 0 fully saturated rings. The normalized spacial score (nSPS) is 12.2. The molecule has 0 saturated heterocycles. The highest BCUT2D eigenvalue weighted by Gasteiger charge is 2.25. The Hall–Kier alpha value is -2.36. The Kier molecular flexibility index (Phi) is 5.37. The van der Waals surface area contributed by atoms with Gasteiger partial charge in [0.25, 0.3) is 0 Å². The molecule has 2 rings (SSSR count). The number of benzene rings is 2. The minimum Gasteiger partial charge on any atom is -0.344 e. The third-order valence-corrected chi connectivity index (χ3v) is 3.90. The van der Waals surface area contributed by atoms with E-state index in [2.05, 4.69) is 29.6 Å². The van der Waals surface area contributed by atoms with Gasteiger partial charge in [0.15, 0.2) is 0 Å². The van der Waals surface area contributed by atoms with Crippen LogP contribution >= 0.6 is 0 Å². The number of rotatable bonds is 5. The molecule has 0 aromatic heterocycles. The van der Waals surface area contributed by atoms with E-state index in [1.54, 1.807) is 11.9 Å². The predicted octanol–water partition coefficient (Wildman–Crippen LogP) is 2.96. The van der Waals surface area contributed by atoms with Gasteiger partial charge in [-0.1, -0.05) is 50.2 Å². The van der Waals surface area contributed by atoms with Gasteiger partial charge in [-0.25, -0.2) is 0 Å². The summed E-state index contributed by atoms with van der Waals surface area (Å²) >= 11 is 0. The van der Waals surface area contributed by atoms with E-state index in [0.29, 0.717) is 6.54 Å². The third kappa shape index (κ3) is 4.31. The maximum atomic E-state index is 12.6. The number of hydrogen-bond acceptors (Lipinski definition) is 2. The summed E-state index contributed by atoms with van der Waals surface area (Å²) in [6.07, 6.45) is 0. The highest BCUT2D eigenvalue weighted by Crippen LogP contribution is 2.17. The Morgan fingerprint density at radius 1 is 1.09 bits per heavy atom. The number of amides is 2. The van der Waals surface area contributed by atoms with Crippen molar-refractivity contribution in [2.24, 2.45) is 5.92 Å². The van der Waals surface area contributed by atoms with Crippen LogP contribution in [0.2, 0.25) is 0 Å². The highest BCUT2D eigenvalue weighted by atomic mass is 16.2. The summed E-state index contributed by atoms with van der Waals surface area (Å²) in [4.78, 5) is 25.6. The van der Waals surface area contributed by atoms with Gasteiger partial charge < -0.3 is 10.2 Å². The summed E-state index contributed by atoms with van der Waals surface area (Å²) in [5.74, 6) is -0.204.